The Balaban J connectivity index is 1.31. The van der Waals surface area contributed by atoms with Crippen LogP contribution in [0, 0.1) is 6.92 Å². The van der Waals surface area contributed by atoms with E-state index in [0.29, 0.717) is 25.9 Å². The van der Waals surface area contributed by atoms with Crippen molar-refractivity contribution in [3.05, 3.63) is 60.2 Å². The van der Waals surface area contributed by atoms with Crippen LogP contribution < -0.4 is 5.32 Å². The quantitative estimate of drug-likeness (QED) is 0.579. The number of hydrogen-bond donors (Lipinski definition) is 1. The fraction of sp³-hybridized carbons (Fsp3) is 0.263. The summed E-state index contributed by atoms with van der Waals surface area (Å²) in [7, 11) is 0. The number of benzene rings is 1. The van der Waals surface area contributed by atoms with E-state index in [9.17, 15) is 4.79 Å². The van der Waals surface area contributed by atoms with E-state index in [4.69, 9.17) is 0 Å². The predicted molar refractivity (Wildman–Crippen MR) is 98.8 cm³/mol. The van der Waals surface area contributed by atoms with Gasteiger partial charge in [-0.25, -0.2) is 0 Å². The largest absolute Gasteiger partial charge is 0.356 e. The van der Waals surface area contributed by atoms with E-state index >= 15 is 0 Å². The molecule has 0 aliphatic heterocycles. The molecule has 3 heterocycles. The lowest BCUT2D eigenvalue weighted by molar-refractivity contribution is -0.121. The SMILES string of the molecule is Cc1ccc2cnn(CCC(=O)NCCc3nnc4ccccn34)c2c1. The third kappa shape index (κ3) is 3.28. The number of carbonyl (C=O) groups is 1. The minimum absolute atomic E-state index is 0.00937. The summed E-state index contributed by atoms with van der Waals surface area (Å²) >= 11 is 0. The number of amides is 1. The normalized spacial score (nSPS) is 11.3. The summed E-state index contributed by atoms with van der Waals surface area (Å²) in [5.41, 5.74) is 3.06. The number of rotatable bonds is 6. The lowest BCUT2D eigenvalue weighted by Crippen LogP contribution is -2.27. The first-order chi connectivity index (χ1) is 12.7. The maximum Gasteiger partial charge on any atom is 0.221 e. The van der Waals surface area contributed by atoms with Crippen molar-refractivity contribution in [2.24, 2.45) is 0 Å². The minimum Gasteiger partial charge on any atom is -0.356 e. The minimum atomic E-state index is 0.00937. The van der Waals surface area contributed by atoms with E-state index < -0.39 is 0 Å². The van der Waals surface area contributed by atoms with E-state index in [1.165, 1.54) is 5.56 Å². The monoisotopic (exact) mass is 348 g/mol. The second-order valence-corrected chi connectivity index (χ2v) is 6.33. The number of nitrogens with zero attached hydrogens (tertiary/aromatic N) is 5. The Bertz CT molecular complexity index is 1060. The van der Waals surface area contributed by atoms with Gasteiger partial charge in [0.05, 0.1) is 18.3 Å². The maximum absolute atomic E-state index is 12.1. The average molecular weight is 348 g/mol. The van der Waals surface area contributed by atoms with E-state index in [1.54, 1.807) is 0 Å². The van der Waals surface area contributed by atoms with Gasteiger partial charge in [0, 0.05) is 31.0 Å². The summed E-state index contributed by atoms with van der Waals surface area (Å²) in [6.07, 6.45) is 4.80. The van der Waals surface area contributed by atoms with Crippen LogP contribution in [0.2, 0.25) is 0 Å². The van der Waals surface area contributed by atoms with Crippen molar-refractivity contribution in [2.45, 2.75) is 26.3 Å². The van der Waals surface area contributed by atoms with Gasteiger partial charge in [-0.05, 0) is 30.7 Å². The second-order valence-electron chi connectivity index (χ2n) is 6.33. The van der Waals surface area contributed by atoms with Crippen LogP contribution in [0.4, 0.5) is 0 Å². The van der Waals surface area contributed by atoms with Crippen LogP contribution in [0.15, 0.2) is 48.8 Å². The maximum atomic E-state index is 12.1. The van der Waals surface area contributed by atoms with Gasteiger partial charge in [-0.3, -0.25) is 13.9 Å². The van der Waals surface area contributed by atoms with Crippen molar-refractivity contribution >= 4 is 22.5 Å². The predicted octanol–water partition coefficient (Wildman–Crippen LogP) is 2.14. The molecule has 4 rings (SSSR count). The van der Waals surface area contributed by atoms with Crippen LogP contribution in [0.25, 0.3) is 16.6 Å². The Labute approximate surface area is 150 Å². The summed E-state index contributed by atoms with van der Waals surface area (Å²) in [4.78, 5) is 12.1. The van der Waals surface area contributed by atoms with Crippen LogP contribution in [-0.2, 0) is 17.8 Å². The highest BCUT2D eigenvalue weighted by Crippen LogP contribution is 2.15. The Hall–Kier alpha value is -3.22. The Kier molecular flexibility index (Phi) is 4.35. The molecular formula is C19H20N6O. The molecule has 7 heteroatoms. The molecule has 0 spiro atoms. The zero-order valence-corrected chi connectivity index (χ0v) is 14.6. The van der Waals surface area contributed by atoms with Gasteiger partial charge in [-0.2, -0.15) is 5.10 Å². The Morgan fingerprint density at radius 3 is 3.04 bits per heavy atom. The molecule has 7 nitrogen and oxygen atoms in total. The number of fused-ring (bicyclic) bond motifs is 2. The van der Waals surface area contributed by atoms with Crippen molar-refractivity contribution in [2.75, 3.05) is 6.54 Å². The summed E-state index contributed by atoms with van der Waals surface area (Å²) < 4.78 is 3.82. The molecule has 26 heavy (non-hydrogen) atoms. The highest BCUT2D eigenvalue weighted by atomic mass is 16.1. The van der Waals surface area contributed by atoms with Crippen molar-refractivity contribution in [1.29, 1.82) is 0 Å². The van der Waals surface area contributed by atoms with Gasteiger partial charge in [0.25, 0.3) is 0 Å². The molecule has 0 fully saturated rings. The van der Waals surface area contributed by atoms with Crippen molar-refractivity contribution < 1.29 is 4.79 Å². The molecule has 0 radical (unpaired) electrons. The summed E-state index contributed by atoms with van der Waals surface area (Å²) in [5.74, 6) is 0.851. The van der Waals surface area contributed by atoms with Crippen LogP contribution in [0.5, 0.6) is 0 Å². The number of carbonyl (C=O) groups excluding carboxylic acids is 1. The van der Waals surface area contributed by atoms with Gasteiger partial charge in [0.2, 0.25) is 5.91 Å². The number of aryl methyl sites for hydroxylation is 2. The van der Waals surface area contributed by atoms with Gasteiger partial charge >= 0.3 is 0 Å². The first-order valence-electron chi connectivity index (χ1n) is 8.68. The standard InChI is InChI=1S/C19H20N6O/c1-14-5-6-15-13-21-25(16(15)12-14)11-8-19(26)20-9-7-18-23-22-17-4-2-3-10-24(17)18/h2-6,10,12-13H,7-9,11H2,1H3,(H,20,26). The molecule has 0 bridgehead atoms. The number of pyridine rings is 1. The third-order valence-electron chi connectivity index (χ3n) is 4.41. The number of hydrogen-bond acceptors (Lipinski definition) is 4. The van der Waals surface area contributed by atoms with E-state index in [-0.39, 0.29) is 5.91 Å². The molecule has 0 aliphatic carbocycles. The molecule has 0 aliphatic rings. The zero-order chi connectivity index (χ0) is 17.9. The van der Waals surface area contributed by atoms with Crippen LogP contribution in [0.1, 0.15) is 17.8 Å². The summed E-state index contributed by atoms with van der Waals surface area (Å²) in [5, 5.41) is 16.7. The third-order valence-corrected chi connectivity index (χ3v) is 4.41. The smallest absolute Gasteiger partial charge is 0.221 e. The van der Waals surface area contributed by atoms with Gasteiger partial charge < -0.3 is 5.32 Å². The Morgan fingerprint density at radius 2 is 2.12 bits per heavy atom. The summed E-state index contributed by atoms with van der Waals surface area (Å²) in [6, 6.07) is 12.0. The highest BCUT2D eigenvalue weighted by Gasteiger charge is 2.08. The average Bonchev–Trinajstić information content (AvgIpc) is 3.24. The van der Waals surface area contributed by atoms with Crippen molar-refractivity contribution in [3.8, 4) is 0 Å². The summed E-state index contributed by atoms with van der Waals surface area (Å²) in [6.45, 7) is 3.15. The van der Waals surface area contributed by atoms with Gasteiger partial charge in [-0.1, -0.05) is 18.2 Å². The topological polar surface area (TPSA) is 77.1 Å². The molecule has 0 atom stereocenters. The van der Waals surface area contributed by atoms with E-state index in [0.717, 1.165) is 22.4 Å². The van der Waals surface area contributed by atoms with Gasteiger partial charge in [-0.15, -0.1) is 10.2 Å². The Morgan fingerprint density at radius 1 is 1.19 bits per heavy atom. The lowest BCUT2D eigenvalue weighted by atomic mass is 10.2. The highest BCUT2D eigenvalue weighted by molar-refractivity contribution is 5.80. The van der Waals surface area contributed by atoms with Gasteiger partial charge in [0.15, 0.2) is 5.65 Å². The van der Waals surface area contributed by atoms with E-state index in [2.05, 4.69) is 45.7 Å². The molecule has 1 amide bonds. The first-order valence-corrected chi connectivity index (χ1v) is 8.68. The molecule has 0 saturated carbocycles. The lowest BCUT2D eigenvalue weighted by Gasteiger charge is -2.06. The molecule has 4 aromatic rings. The fourth-order valence-electron chi connectivity index (χ4n) is 3.03. The van der Waals surface area contributed by atoms with Crippen LogP contribution in [0.3, 0.4) is 0 Å². The van der Waals surface area contributed by atoms with Gasteiger partial charge in [0.1, 0.15) is 5.82 Å². The van der Waals surface area contributed by atoms with Crippen molar-refractivity contribution in [1.82, 2.24) is 29.7 Å². The number of nitrogens with one attached hydrogen (secondary N) is 1. The van der Waals surface area contributed by atoms with Crippen LogP contribution >= 0.6 is 0 Å². The molecular weight excluding hydrogens is 328 g/mol. The number of aromatic nitrogens is 5. The fourth-order valence-corrected chi connectivity index (χ4v) is 3.03. The molecule has 1 N–H and O–H groups in total. The van der Waals surface area contributed by atoms with E-state index in [1.807, 2.05) is 39.7 Å². The van der Waals surface area contributed by atoms with Crippen molar-refractivity contribution in [3.63, 3.8) is 0 Å². The molecule has 132 valence electrons. The molecule has 0 saturated heterocycles. The second kappa shape index (κ2) is 6.95. The van der Waals surface area contributed by atoms with Crippen LogP contribution in [-0.4, -0.2) is 36.8 Å². The molecule has 1 aromatic carbocycles. The first kappa shape index (κ1) is 16.3. The molecule has 3 aromatic heterocycles. The molecule has 0 unspecified atom stereocenters. The zero-order valence-electron chi connectivity index (χ0n) is 14.6.